The van der Waals surface area contributed by atoms with Crippen LogP contribution in [-0.4, -0.2) is 40.3 Å². The fourth-order valence-electron chi connectivity index (χ4n) is 2.26. The van der Waals surface area contributed by atoms with Crippen LogP contribution in [0.25, 0.3) is 0 Å². The molecule has 6 heteroatoms. The van der Waals surface area contributed by atoms with Gasteiger partial charge in [0.15, 0.2) is 0 Å². The van der Waals surface area contributed by atoms with Gasteiger partial charge in [-0.15, -0.1) is 0 Å². The summed E-state index contributed by atoms with van der Waals surface area (Å²) in [7, 11) is 0. The number of nitrogens with one attached hydrogen (secondary N) is 1. The van der Waals surface area contributed by atoms with Gasteiger partial charge in [0, 0.05) is 5.56 Å². The molecular formula is C14H16N2O4. The molecule has 1 unspecified atom stereocenters. The number of para-hydroxylation sites is 1. The first-order chi connectivity index (χ1) is 9.52. The lowest BCUT2D eigenvalue weighted by Gasteiger charge is -2.33. The molecule has 6 nitrogen and oxygen atoms in total. The van der Waals surface area contributed by atoms with Gasteiger partial charge in [-0.1, -0.05) is 25.1 Å². The molecule has 0 spiro atoms. The number of hydrogen-bond acceptors (Lipinski definition) is 4. The SMILES string of the molecule is CCC1C(=O)NC(=O)CN1C(=O)Cc1ccccc1O. The van der Waals surface area contributed by atoms with Gasteiger partial charge in [0.25, 0.3) is 0 Å². The Morgan fingerprint density at radius 2 is 2.10 bits per heavy atom. The van der Waals surface area contributed by atoms with E-state index in [1.807, 2.05) is 0 Å². The first kappa shape index (κ1) is 14.0. The molecule has 0 saturated carbocycles. The van der Waals surface area contributed by atoms with Crippen molar-refractivity contribution >= 4 is 17.7 Å². The largest absolute Gasteiger partial charge is 0.508 e. The number of benzene rings is 1. The molecule has 20 heavy (non-hydrogen) atoms. The minimum absolute atomic E-state index is 0.0293. The van der Waals surface area contributed by atoms with Crippen LogP contribution in [0, 0.1) is 0 Å². The average Bonchev–Trinajstić information content (AvgIpc) is 2.40. The Bertz CT molecular complexity index is 556. The molecule has 1 heterocycles. The van der Waals surface area contributed by atoms with E-state index in [-0.39, 0.29) is 24.6 Å². The Morgan fingerprint density at radius 1 is 1.40 bits per heavy atom. The molecule has 0 bridgehead atoms. The van der Waals surface area contributed by atoms with Gasteiger partial charge in [-0.2, -0.15) is 0 Å². The fourth-order valence-corrected chi connectivity index (χ4v) is 2.26. The number of carbonyl (C=O) groups excluding carboxylic acids is 3. The van der Waals surface area contributed by atoms with Crippen molar-refractivity contribution in [2.24, 2.45) is 0 Å². The monoisotopic (exact) mass is 276 g/mol. The number of amides is 3. The summed E-state index contributed by atoms with van der Waals surface area (Å²) in [5.41, 5.74) is 0.478. The van der Waals surface area contributed by atoms with Gasteiger partial charge in [0.1, 0.15) is 18.3 Å². The van der Waals surface area contributed by atoms with Gasteiger partial charge in [0.2, 0.25) is 17.7 Å². The van der Waals surface area contributed by atoms with Crippen LogP contribution < -0.4 is 5.32 Å². The molecule has 1 saturated heterocycles. The molecule has 1 fully saturated rings. The summed E-state index contributed by atoms with van der Waals surface area (Å²) in [5, 5.41) is 11.9. The minimum atomic E-state index is -0.633. The van der Waals surface area contributed by atoms with E-state index in [2.05, 4.69) is 5.32 Å². The summed E-state index contributed by atoms with van der Waals surface area (Å²) in [6, 6.07) is 5.88. The lowest BCUT2D eigenvalue weighted by atomic mass is 10.1. The standard InChI is InChI=1S/C14H16N2O4/c1-2-10-14(20)15-12(18)8-16(10)13(19)7-9-5-3-4-6-11(9)17/h3-6,10,17H,2,7-8H2,1H3,(H,15,18,20). The number of rotatable bonds is 3. The number of nitrogens with zero attached hydrogens (tertiary/aromatic N) is 1. The van der Waals surface area contributed by atoms with Crippen molar-refractivity contribution in [3.8, 4) is 5.75 Å². The van der Waals surface area contributed by atoms with Crippen LogP contribution in [0.15, 0.2) is 24.3 Å². The summed E-state index contributed by atoms with van der Waals surface area (Å²) >= 11 is 0. The maximum atomic E-state index is 12.3. The van der Waals surface area contributed by atoms with Crippen LogP contribution in [0.1, 0.15) is 18.9 Å². The summed E-state index contributed by atoms with van der Waals surface area (Å²) < 4.78 is 0. The Morgan fingerprint density at radius 3 is 2.75 bits per heavy atom. The Hall–Kier alpha value is -2.37. The second-order valence-electron chi connectivity index (χ2n) is 4.66. The zero-order valence-corrected chi connectivity index (χ0v) is 11.1. The van der Waals surface area contributed by atoms with Crippen LogP contribution in [-0.2, 0) is 20.8 Å². The molecule has 3 amide bonds. The molecule has 2 rings (SSSR count). The van der Waals surface area contributed by atoms with E-state index in [1.165, 1.54) is 11.0 Å². The van der Waals surface area contributed by atoms with Crippen LogP contribution >= 0.6 is 0 Å². The number of carbonyl (C=O) groups is 3. The molecule has 0 radical (unpaired) electrons. The van der Waals surface area contributed by atoms with Gasteiger partial charge in [-0.25, -0.2) is 0 Å². The Labute approximate surface area is 116 Å². The lowest BCUT2D eigenvalue weighted by molar-refractivity contribution is -0.149. The van der Waals surface area contributed by atoms with Crippen molar-refractivity contribution in [2.45, 2.75) is 25.8 Å². The smallest absolute Gasteiger partial charge is 0.249 e. The number of phenolic OH excluding ortho intramolecular Hbond substituents is 1. The Kier molecular flexibility index (Phi) is 4.02. The summed E-state index contributed by atoms with van der Waals surface area (Å²) in [5.74, 6) is -1.25. The molecule has 1 aromatic rings. The van der Waals surface area contributed by atoms with Gasteiger partial charge >= 0.3 is 0 Å². The Balaban J connectivity index is 2.16. The normalized spacial score (nSPS) is 18.9. The quantitative estimate of drug-likeness (QED) is 0.772. The van der Waals surface area contributed by atoms with Crippen molar-refractivity contribution in [3.05, 3.63) is 29.8 Å². The topological polar surface area (TPSA) is 86.7 Å². The second kappa shape index (κ2) is 5.73. The number of hydrogen-bond donors (Lipinski definition) is 2. The van der Waals surface area contributed by atoms with E-state index in [9.17, 15) is 19.5 Å². The maximum Gasteiger partial charge on any atom is 0.249 e. The van der Waals surface area contributed by atoms with Crippen molar-refractivity contribution < 1.29 is 19.5 Å². The fraction of sp³-hybridized carbons (Fsp3) is 0.357. The number of phenols is 1. The van der Waals surface area contributed by atoms with Gasteiger partial charge in [0.05, 0.1) is 6.42 Å². The summed E-state index contributed by atoms with van der Waals surface area (Å²) in [6.07, 6.45) is 0.398. The van der Waals surface area contributed by atoms with Crippen molar-refractivity contribution in [3.63, 3.8) is 0 Å². The number of piperazine rings is 1. The van der Waals surface area contributed by atoms with E-state index in [0.29, 0.717) is 12.0 Å². The molecule has 106 valence electrons. The molecule has 0 aliphatic carbocycles. The van der Waals surface area contributed by atoms with E-state index >= 15 is 0 Å². The third kappa shape index (κ3) is 2.79. The third-order valence-electron chi connectivity index (χ3n) is 3.30. The highest BCUT2D eigenvalue weighted by Crippen LogP contribution is 2.18. The van der Waals surface area contributed by atoms with E-state index < -0.39 is 17.9 Å². The highest BCUT2D eigenvalue weighted by Gasteiger charge is 2.35. The zero-order chi connectivity index (χ0) is 14.7. The third-order valence-corrected chi connectivity index (χ3v) is 3.30. The molecule has 1 aliphatic rings. The predicted molar refractivity (Wildman–Crippen MR) is 70.8 cm³/mol. The highest BCUT2D eigenvalue weighted by atomic mass is 16.3. The van der Waals surface area contributed by atoms with Gasteiger partial charge < -0.3 is 10.0 Å². The van der Waals surface area contributed by atoms with Gasteiger partial charge in [-0.3, -0.25) is 19.7 Å². The van der Waals surface area contributed by atoms with Crippen molar-refractivity contribution in [1.82, 2.24) is 10.2 Å². The molecule has 0 aromatic heterocycles. The molecule has 1 atom stereocenters. The number of imide groups is 1. The molecule has 1 aliphatic heterocycles. The highest BCUT2D eigenvalue weighted by molar-refractivity contribution is 6.04. The summed E-state index contributed by atoms with van der Waals surface area (Å²) in [4.78, 5) is 36.6. The van der Waals surface area contributed by atoms with Crippen LogP contribution in [0.3, 0.4) is 0 Å². The molecule has 2 N–H and O–H groups in total. The lowest BCUT2D eigenvalue weighted by Crippen LogP contribution is -2.59. The minimum Gasteiger partial charge on any atom is -0.508 e. The second-order valence-corrected chi connectivity index (χ2v) is 4.66. The average molecular weight is 276 g/mol. The first-order valence-corrected chi connectivity index (χ1v) is 6.43. The van der Waals surface area contributed by atoms with Crippen LogP contribution in [0.2, 0.25) is 0 Å². The molecule has 1 aromatic carbocycles. The summed E-state index contributed by atoms with van der Waals surface area (Å²) in [6.45, 7) is 1.65. The van der Waals surface area contributed by atoms with Gasteiger partial charge in [-0.05, 0) is 12.5 Å². The van der Waals surface area contributed by atoms with Crippen molar-refractivity contribution in [1.29, 1.82) is 0 Å². The van der Waals surface area contributed by atoms with E-state index in [0.717, 1.165) is 0 Å². The number of aromatic hydroxyl groups is 1. The van der Waals surface area contributed by atoms with Crippen molar-refractivity contribution in [2.75, 3.05) is 6.54 Å². The zero-order valence-electron chi connectivity index (χ0n) is 11.1. The predicted octanol–water partition coefficient (Wildman–Crippen LogP) is 0.198. The van der Waals surface area contributed by atoms with Crippen LogP contribution in [0.4, 0.5) is 0 Å². The van der Waals surface area contributed by atoms with E-state index in [1.54, 1.807) is 25.1 Å². The first-order valence-electron chi connectivity index (χ1n) is 6.43. The molecular weight excluding hydrogens is 260 g/mol. The van der Waals surface area contributed by atoms with Crippen LogP contribution in [0.5, 0.6) is 5.75 Å². The van der Waals surface area contributed by atoms with E-state index in [4.69, 9.17) is 0 Å². The maximum absolute atomic E-state index is 12.3.